The highest BCUT2D eigenvalue weighted by molar-refractivity contribution is 5.85. The molecule has 0 aliphatic heterocycles. The molecule has 8 nitrogen and oxygen atoms in total. The minimum Gasteiger partial charge on any atom is -0.448 e. The predicted octanol–water partition coefficient (Wildman–Crippen LogP) is 8.18. The van der Waals surface area contributed by atoms with Gasteiger partial charge in [0.2, 0.25) is 0 Å². The molecule has 0 spiro atoms. The zero-order valence-electron chi connectivity index (χ0n) is 27.2. The summed E-state index contributed by atoms with van der Waals surface area (Å²) in [6, 6.07) is 15.6. The molecule has 240 valence electrons. The van der Waals surface area contributed by atoms with Crippen LogP contribution in [0.2, 0.25) is 0 Å². The zero-order chi connectivity index (χ0) is 31.1. The lowest BCUT2D eigenvalue weighted by Crippen LogP contribution is -2.31. The summed E-state index contributed by atoms with van der Waals surface area (Å²) in [4.78, 5) is 29.3. The molecular formula is C35H56N4O4. The maximum absolute atomic E-state index is 12.3. The highest BCUT2D eigenvalue weighted by Crippen LogP contribution is 2.16. The Morgan fingerprint density at radius 3 is 1.16 bits per heavy atom. The quantitative estimate of drug-likeness (QED) is 0.143. The molecule has 0 radical (unpaired) electrons. The molecule has 0 bridgehead atoms. The minimum atomic E-state index is -0.425. The Kier molecular flexibility index (Phi) is 18.8. The van der Waals surface area contributed by atoms with Gasteiger partial charge in [0.1, 0.15) is 13.2 Å². The van der Waals surface area contributed by atoms with Crippen LogP contribution in [0.1, 0.15) is 90.2 Å². The first-order valence-electron chi connectivity index (χ1n) is 16.5. The Labute approximate surface area is 260 Å². The van der Waals surface area contributed by atoms with Gasteiger partial charge in [0.25, 0.3) is 0 Å². The van der Waals surface area contributed by atoms with E-state index >= 15 is 0 Å². The number of nitrogens with one attached hydrogen (secondary N) is 2. The second-order valence-electron chi connectivity index (χ2n) is 11.2. The Morgan fingerprint density at radius 1 is 0.535 bits per heavy atom. The predicted molar refractivity (Wildman–Crippen MR) is 178 cm³/mol. The third-order valence-electron chi connectivity index (χ3n) is 7.40. The van der Waals surface area contributed by atoms with Gasteiger partial charge in [-0.05, 0) is 93.7 Å². The van der Waals surface area contributed by atoms with Gasteiger partial charge in [-0.2, -0.15) is 0 Å². The number of hydrogen-bond acceptors (Lipinski definition) is 6. The van der Waals surface area contributed by atoms with Crippen LogP contribution in [0.25, 0.3) is 0 Å². The molecule has 0 saturated carbocycles. The molecule has 0 unspecified atom stereocenters. The normalized spacial score (nSPS) is 11.1. The van der Waals surface area contributed by atoms with Crippen molar-refractivity contribution in [1.29, 1.82) is 0 Å². The highest BCUT2D eigenvalue weighted by Gasteiger charge is 2.09. The minimum absolute atomic E-state index is 0.386. The lowest BCUT2D eigenvalue weighted by molar-refractivity contribution is 0.137. The van der Waals surface area contributed by atoms with E-state index in [-0.39, 0.29) is 0 Å². The average molecular weight is 597 g/mol. The first kappa shape index (κ1) is 36.1. The third kappa shape index (κ3) is 16.4. The lowest BCUT2D eigenvalue weighted by Gasteiger charge is -2.21. The van der Waals surface area contributed by atoms with Crippen molar-refractivity contribution in [1.82, 2.24) is 9.80 Å². The number of carbonyl (C=O) groups excluding carboxylic acids is 2. The van der Waals surface area contributed by atoms with Gasteiger partial charge in [0.05, 0.1) is 0 Å². The van der Waals surface area contributed by atoms with Gasteiger partial charge < -0.3 is 9.47 Å². The van der Waals surface area contributed by atoms with E-state index in [1.54, 1.807) is 0 Å². The maximum Gasteiger partial charge on any atom is 0.411 e. The largest absolute Gasteiger partial charge is 0.448 e. The second kappa shape index (κ2) is 22.4. The fourth-order valence-corrected chi connectivity index (χ4v) is 4.69. The van der Waals surface area contributed by atoms with Crippen molar-refractivity contribution < 1.29 is 19.1 Å². The molecule has 0 fully saturated rings. The van der Waals surface area contributed by atoms with Gasteiger partial charge in [0.15, 0.2) is 0 Å². The number of carbonyl (C=O) groups is 2. The van der Waals surface area contributed by atoms with Gasteiger partial charge in [-0.3, -0.25) is 20.4 Å². The van der Waals surface area contributed by atoms with E-state index in [9.17, 15) is 9.59 Å². The summed E-state index contributed by atoms with van der Waals surface area (Å²) in [7, 11) is 0. The van der Waals surface area contributed by atoms with Crippen LogP contribution in [0, 0.1) is 0 Å². The molecule has 0 heterocycles. The van der Waals surface area contributed by atoms with Crippen molar-refractivity contribution >= 4 is 23.6 Å². The number of anilines is 2. The molecule has 2 N–H and O–H groups in total. The van der Waals surface area contributed by atoms with Crippen LogP contribution in [0.15, 0.2) is 48.5 Å². The summed E-state index contributed by atoms with van der Waals surface area (Å²) in [6.45, 7) is 15.3. The van der Waals surface area contributed by atoms with Crippen molar-refractivity contribution in [2.45, 2.75) is 85.5 Å². The molecule has 0 atom stereocenters. The molecule has 0 aromatic heterocycles. The Balaban J connectivity index is 1.72. The fourth-order valence-electron chi connectivity index (χ4n) is 4.69. The Morgan fingerprint density at radius 2 is 0.860 bits per heavy atom. The summed E-state index contributed by atoms with van der Waals surface area (Å²) in [6.07, 6.45) is 9.19. The van der Waals surface area contributed by atoms with E-state index in [1.807, 2.05) is 48.5 Å². The summed E-state index contributed by atoms with van der Waals surface area (Å²) >= 11 is 0. The molecule has 43 heavy (non-hydrogen) atoms. The molecule has 0 saturated heterocycles. The molecule has 0 aliphatic carbocycles. The van der Waals surface area contributed by atoms with Crippen molar-refractivity contribution in [3.05, 3.63) is 59.7 Å². The van der Waals surface area contributed by atoms with Crippen LogP contribution in [0.4, 0.5) is 21.0 Å². The lowest BCUT2D eigenvalue weighted by atomic mass is 10.0. The average Bonchev–Trinajstić information content (AvgIpc) is 3.01. The van der Waals surface area contributed by atoms with E-state index in [4.69, 9.17) is 9.47 Å². The van der Waals surface area contributed by atoms with E-state index < -0.39 is 12.2 Å². The van der Waals surface area contributed by atoms with Gasteiger partial charge in [-0.15, -0.1) is 0 Å². The molecule has 2 aromatic rings. The maximum atomic E-state index is 12.3. The number of benzene rings is 2. The Bertz CT molecular complexity index is 916. The van der Waals surface area contributed by atoms with Crippen molar-refractivity contribution in [3.8, 4) is 0 Å². The van der Waals surface area contributed by atoms with E-state index in [0.717, 1.165) is 108 Å². The van der Waals surface area contributed by atoms with Crippen molar-refractivity contribution in [2.75, 3.05) is 63.1 Å². The van der Waals surface area contributed by atoms with Crippen LogP contribution in [-0.2, 0) is 15.9 Å². The molecule has 8 heteroatoms. The van der Waals surface area contributed by atoms with E-state index in [1.165, 1.54) is 0 Å². The number of amides is 2. The molecular weight excluding hydrogens is 540 g/mol. The summed E-state index contributed by atoms with van der Waals surface area (Å²) in [5.41, 5.74) is 3.66. The molecule has 2 aromatic carbocycles. The zero-order valence-corrected chi connectivity index (χ0v) is 27.2. The first-order chi connectivity index (χ1) is 21.0. The van der Waals surface area contributed by atoms with Gasteiger partial charge >= 0.3 is 12.2 Å². The topological polar surface area (TPSA) is 83.1 Å². The number of nitrogens with zero attached hydrogens (tertiary/aromatic N) is 2. The van der Waals surface area contributed by atoms with Crippen LogP contribution in [0.5, 0.6) is 0 Å². The fraction of sp³-hybridized carbons (Fsp3) is 0.600. The first-order valence-corrected chi connectivity index (χ1v) is 16.5. The number of rotatable bonds is 22. The monoisotopic (exact) mass is 596 g/mol. The second-order valence-corrected chi connectivity index (χ2v) is 11.2. The van der Waals surface area contributed by atoms with Crippen molar-refractivity contribution in [2.24, 2.45) is 0 Å². The van der Waals surface area contributed by atoms with Gasteiger partial charge in [-0.1, -0.05) is 77.6 Å². The number of hydrogen-bond donors (Lipinski definition) is 2. The smallest absolute Gasteiger partial charge is 0.411 e. The molecule has 2 amide bonds. The van der Waals surface area contributed by atoms with E-state index in [2.05, 4.69) is 48.1 Å². The standard InChI is InChI=1S/C35H56N4O4/c1-5-9-21-38(22-10-6-2)25-27-42-34(40)36-32-17-13-30(14-18-32)29-31-15-19-33(20-16-31)37-35(41)43-28-26-39(23-11-7-3)24-12-8-4/h13-20H,5-12,21-29H2,1-4H3,(H,36,40)(H,37,41). The van der Waals surface area contributed by atoms with Crippen LogP contribution < -0.4 is 10.6 Å². The highest BCUT2D eigenvalue weighted by atomic mass is 16.6. The number of unbranched alkanes of at least 4 members (excludes halogenated alkanes) is 4. The summed E-state index contributed by atoms with van der Waals surface area (Å²) < 4.78 is 10.9. The SMILES string of the molecule is CCCCN(CCCC)CCOC(=O)Nc1ccc(Cc2ccc(NC(=O)OCCN(CCCC)CCCC)cc2)cc1. The van der Waals surface area contributed by atoms with E-state index in [0.29, 0.717) is 24.6 Å². The van der Waals surface area contributed by atoms with Gasteiger partial charge in [0, 0.05) is 24.5 Å². The number of ether oxygens (including phenoxy) is 2. The van der Waals surface area contributed by atoms with Crippen LogP contribution in [0.3, 0.4) is 0 Å². The van der Waals surface area contributed by atoms with Crippen molar-refractivity contribution in [3.63, 3.8) is 0 Å². The Hall–Kier alpha value is -3.10. The third-order valence-corrected chi connectivity index (χ3v) is 7.40. The summed E-state index contributed by atoms with van der Waals surface area (Å²) in [5, 5.41) is 5.65. The van der Waals surface area contributed by atoms with Crippen LogP contribution >= 0.6 is 0 Å². The van der Waals surface area contributed by atoms with Gasteiger partial charge in [-0.25, -0.2) is 9.59 Å². The summed E-state index contributed by atoms with van der Waals surface area (Å²) in [5.74, 6) is 0. The molecule has 0 aliphatic rings. The van der Waals surface area contributed by atoms with Crippen LogP contribution in [-0.4, -0.2) is 74.5 Å². The molecule has 2 rings (SSSR count).